The van der Waals surface area contributed by atoms with Crippen molar-refractivity contribution in [3.05, 3.63) is 59.2 Å². The molecule has 0 saturated carbocycles. The number of hydrogen-bond donors (Lipinski definition) is 14. The van der Waals surface area contributed by atoms with Crippen LogP contribution in [0.25, 0.3) is 0 Å². The fraction of sp³-hybridized carbons (Fsp3) is 0.612. The minimum Gasteiger partial charge on any atom is -0.508 e. The van der Waals surface area contributed by atoms with E-state index in [-0.39, 0.29) is 75.6 Å². The van der Waals surface area contributed by atoms with E-state index in [0.717, 1.165) is 42.0 Å². The van der Waals surface area contributed by atoms with Crippen molar-refractivity contribution in [3.8, 4) is 11.5 Å². The SMILES string of the molecule is CSCc1cc2cc(c1)OCCCCCCO/N=C/C(=O)N[C@@H](CCCCN)C(=O)N[C@@H](C)C(=O)N1CCC[C@H]1C(=O)N[C@@H](CC(C)C)C(=O)N[C@@H](CC(=O)O)C(=O)N[C@@H]([C@@H](C)O)C(=O)N1CCC[C@H]1C(=O)N[C@@H](Cc1ccc(O)cc1)C(=O)N[C@@H](CCC(=O)O)C(=O)N[C@H](C(N)=O)CSC2. The van der Waals surface area contributed by atoms with Gasteiger partial charge < -0.3 is 93.8 Å². The average Bonchev–Trinajstić information content (AvgIpc) is 1.74. The second-order valence-electron chi connectivity index (χ2n) is 25.7. The Morgan fingerprint density at radius 3 is 1.86 bits per heavy atom. The number of nitrogens with zero attached hydrogens (tertiary/aromatic N) is 3. The van der Waals surface area contributed by atoms with E-state index in [2.05, 4.69) is 47.7 Å². The highest BCUT2D eigenvalue weighted by molar-refractivity contribution is 7.98. The molecule has 16 N–H and O–H groups in total. The van der Waals surface area contributed by atoms with Gasteiger partial charge in [-0.05, 0) is 157 Å². The molecule has 2 fully saturated rings. The van der Waals surface area contributed by atoms with Gasteiger partial charge in [0.2, 0.25) is 59.1 Å². The third-order valence-corrected chi connectivity index (χ3v) is 18.6. The largest absolute Gasteiger partial charge is 0.508 e. The molecule has 2 saturated heterocycles. The molecule has 0 aliphatic carbocycles. The van der Waals surface area contributed by atoms with Crippen LogP contribution >= 0.6 is 23.5 Å². The molecule has 34 heteroatoms. The number of ether oxygens (including phenoxy) is 1. The van der Waals surface area contributed by atoms with Gasteiger partial charge in [-0.1, -0.05) is 37.2 Å². The number of oxime groups is 1. The van der Waals surface area contributed by atoms with Crippen LogP contribution in [0.5, 0.6) is 11.5 Å². The minimum absolute atomic E-state index is 0.0204. The zero-order chi connectivity index (χ0) is 74.3. The van der Waals surface area contributed by atoms with Gasteiger partial charge in [-0.3, -0.25) is 62.3 Å². The maximum atomic E-state index is 14.6. The molecule has 3 aliphatic rings. The van der Waals surface area contributed by atoms with E-state index in [1.54, 1.807) is 25.6 Å². The molecule has 2 aromatic carbocycles. The number of phenolic OH excluding ortho intramolecular Hbond substituents is 1. The number of carbonyl (C=O) groups excluding carboxylic acids is 11. The number of carboxylic acids is 2. The van der Waals surface area contributed by atoms with Crippen LogP contribution in [0.15, 0.2) is 47.6 Å². The van der Waals surface area contributed by atoms with Gasteiger partial charge in [0.05, 0.1) is 19.1 Å². The predicted molar refractivity (Wildman–Crippen MR) is 373 cm³/mol. The number of fused-ring (bicyclic) bond motifs is 4. The molecule has 5 rings (SSSR count). The molecule has 2 aromatic rings. The van der Waals surface area contributed by atoms with Crippen molar-refractivity contribution < 1.29 is 92.3 Å². The third-order valence-electron chi connectivity index (χ3n) is 16.9. The van der Waals surface area contributed by atoms with Crippen LogP contribution in [-0.4, -0.2) is 225 Å². The molecule has 11 atom stereocenters. The molecule has 3 heterocycles. The van der Waals surface area contributed by atoms with E-state index in [1.807, 2.05) is 24.5 Å². The van der Waals surface area contributed by atoms with Crippen LogP contribution in [0, 0.1) is 5.92 Å². The Labute approximate surface area is 595 Å². The average molecular weight is 1450 g/mol. The molecule has 3 aliphatic heterocycles. The first-order chi connectivity index (χ1) is 48.1. The molecular weight excluding hydrogens is 1350 g/mol. The van der Waals surface area contributed by atoms with Gasteiger partial charge >= 0.3 is 11.9 Å². The second-order valence-corrected chi connectivity index (χ2v) is 27.6. The molecule has 32 nitrogen and oxygen atoms in total. The smallest absolute Gasteiger partial charge is 0.305 e. The van der Waals surface area contributed by atoms with E-state index < -0.39 is 163 Å². The highest BCUT2D eigenvalue weighted by Gasteiger charge is 2.43. The van der Waals surface area contributed by atoms with Gasteiger partial charge in [0.15, 0.2) is 0 Å². The number of rotatable bonds is 17. The Kier molecular flexibility index (Phi) is 34.9. The number of primary amides is 1. The number of aromatic hydroxyl groups is 1. The molecule has 558 valence electrons. The lowest BCUT2D eigenvalue weighted by Gasteiger charge is -2.32. The van der Waals surface area contributed by atoms with Crippen molar-refractivity contribution in [1.82, 2.24) is 52.3 Å². The lowest BCUT2D eigenvalue weighted by molar-refractivity contribution is -0.145. The summed E-state index contributed by atoms with van der Waals surface area (Å²) in [6, 6.07) is -3.39. The van der Waals surface area contributed by atoms with Gasteiger partial charge in [-0.2, -0.15) is 23.5 Å². The topological polar surface area (TPSA) is 488 Å². The molecule has 2 bridgehead atoms. The van der Waals surface area contributed by atoms with Crippen LogP contribution in [0.3, 0.4) is 0 Å². The van der Waals surface area contributed by atoms with Gasteiger partial charge in [0.1, 0.15) is 84.7 Å². The van der Waals surface area contributed by atoms with Crippen molar-refractivity contribution >= 4 is 107 Å². The summed E-state index contributed by atoms with van der Waals surface area (Å²) < 4.78 is 6.17. The van der Waals surface area contributed by atoms with Crippen molar-refractivity contribution in [2.75, 3.05) is 44.9 Å². The predicted octanol–water partition coefficient (Wildman–Crippen LogP) is -0.0527. The molecule has 0 spiro atoms. The van der Waals surface area contributed by atoms with Crippen LogP contribution in [0.1, 0.15) is 141 Å². The first-order valence-corrected chi connectivity index (χ1v) is 36.5. The zero-order valence-electron chi connectivity index (χ0n) is 57.7. The standard InChI is InChI=1S/C67H99N13O19S2/c1-38(2)28-48-61(91)74-50(33-56(86)87)63(93)78-57(40(4)81)67(97)80-25-13-16-53(80)65(95)76-49(32-41-17-19-44(82)20-18-41)62(92)73-47(21-22-55(84)85)60(90)77-51(58(69)88)37-101-36-43-29-42(35-100-5)30-45(31-43)98-26-10-6-7-11-27-99-70-34-54(83)72-46(14-8-9-23-68)59(89)71-39(3)66(96)79-24-12-15-52(79)64(94)75-48/h17-20,29-31,34,38-40,46-53,57,81-82H,6-16,21-28,32-33,35-37,68H2,1-5H3,(H2,69,88)(H,71,89)(H,72,83)(H,73,92)(H,74,91)(H,75,94)(H,76,95)(H,77,90)(H,78,93)(H,84,85)(H,86,87)/b70-34+/t39-,40+,46-,47-,48-,49-,50-,51-,52-,53-,57-/m0/s1. The molecule has 0 unspecified atom stereocenters. The Bertz CT molecular complexity index is 3220. The number of amides is 11. The summed E-state index contributed by atoms with van der Waals surface area (Å²) in [6.07, 6.45) is 3.08. The number of thioether (sulfide) groups is 2. The number of unbranched alkanes of at least 4 members (excludes halogenated alkanes) is 1. The van der Waals surface area contributed by atoms with Gasteiger partial charge in [0.25, 0.3) is 5.91 Å². The summed E-state index contributed by atoms with van der Waals surface area (Å²) in [4.78, 5) is 186. The summed E-state index contributed by atoms with van der Waals surface area (Å²) >= 11 is 2.85. The van der Waals surface area contributed by atoms with Crippen molar-refractivity contribution in [2.45, 2.75) is 208 Å². The monoisotopic (exact) mass is 1450 g/mol. The molecular formula is C67H99N13O19S2. The van der Waals surface area contributed by atoms with Crippen molar-refractivity contribution in [3.63, 3.8) is 0 Å². The third kappa shape index (κ3) is 27.9. The van der Waals surface area contributed by atoms with Crippen LogP contribution in [-0.2, 0) is 85.1 Å². The minimum atomic E-state index is -1.95. The number of aliphatic carboxylic acids is 2. The summed E-state index contributed by atoms with van der Waals surface area (Å²) in [7, 11) is 0. The Morgan fingerprint density at radius 2 is 1.25 bits per heavy atom. The van der Waals surface area contributed by atoms with Crippen molar-refractivity contribution in [2.24, 2.45) is 22.5 Å². The summed E-state index contributed by atoms with van der Waals surface area (Å²) in [6.45, 7) is 6.82. The van der Waals surface area contributed by atoms with E-state index in [9.17, 15) is 82.8 Å². The van der Waals surface area contributed by atoms with E-state index in [4.69, 9.17) is 21.0 Å². The molecule has 101 heavy (non-hydrogen) atoms. The lowest BCUT2D eigenvalue weighted by atomic mass is 10.0. The Hall–Kier alpha value is -8.76. The molecule has 0 radical (unpaired) electrons. The second kappa shape index (κ2) is 42.5. The van der Waals surface area contributed by atoms with E-state index in [1.165, 1.54) is 47.9 Å². The van der Waals surface area contributed by atoms with Crippen LogP contribution in [0.2, 0.25) is 0 Å². The number of benzene rings is 2. The highest BCUT2D eigenvalue weighted by atomic mass is 32.2. The summed E-state index contributed by atoms with van der Waals surface area (Å²) in [5, 5.41) is 65.0. The maximum absolute atomic E-state index is 14.6. The van der Waals surface area contributed by atoms with Crippen LogP contribution < -0.4 is 58.7 Å². The fourth-order valence-electron chi connectivity index (χ4n) is 11.7. The Balaban J connectivity index is 1.44. The van der Waals surface area contributed by atoms with E-state index >= 15 is 0 Å². The number of aliphatic hydroxyl groups is 1. The number of nitrogens with one attached hydrogen (secondary N) is 8. The number of nitrogens with two attached hydrogens (primary N) is 2. The first-order valence-electron chi connectivity index (χ1n) is 34.0. The number of aliphatic hydroxyl groups excluding tert-OH is 1. The lowest BCUT2D eigenvalue weighted by Crippen LogP contribution is -2.62. The maximum Gasteiger partial charge on any atom is 0.305 e. The number of carbonyl (C=O) groups is 13. The normalized spacial score (nSPS) is 25.4. The number of hydrogen-bond acceptors (Lipinski definition) is 21. The van der Waals surface area contributed by atoms with Gasteiger partial charge in [-0.25, -0.2) is 0 Å². The van der Waals surface area contributed by atoms with Gasteiger partial charge in [-0.15, -0.1) is 0 Å². The van der Waals surface area contributed by atoms with Crippen LogP contribution in [0.4, 0.5) is 0 Å². The van der Waals surface area contributed by atoms with Gasteiger partial charge in [0, 0.05) is 43.2 Å². The van der Waals surface area contributed by atoms with Crippen molar-refractivity contribution in [1.29, 1.82) is 0 Å². The number of phenols is 1. The summed E-state index contributed by atoms with van der Waals surface area (Å²) in [5.41, 5.74) is 13.7. The highest BCUT2D eigenvalue weighted by Crippen LogP contribution is 2.26. The first kappa shape index (κ1) is 82.9. The molecule has 11 amide bonds. The number of carboxylic acid groups (broad SMARTS) is 2. The quantitative estimate of drug-likeness (QED) is 0.0923. The molecule has 0 aromatic heterocycles. The Morgan fingerprint density at radius 1 is 0.663 bits per heavy atom. The van der Waals surface area contributed by atoms with E-state index in [0.29, 0.717) is 68.1 Å². The fourth-order valence-corrected chi connectivity index (χ4v) is 13.2. The summed E-state index contributed by atoms with van der Waals surface area (Å²) in [5.74, 6) is -11.9. The zero-order valence-corrected chi connectivity index (χ0v) is 59.4.